The maximum atomic E-state index is 12.9. The normalized spacial score (nSPS) is 18.0. The van der Waals surface area contributed by atoms with E-state index in [9.17, 15) is 18.0 Å². The average molecular weight is 409 g/mol. The van der Waals surface area contributed by atoms with Gasteiger partial charge in [-0.25, -0.2) is 4.68 Å². The summed E-state index contributed by atoms with van der Waals surface area (Å²) in [4.78, 5) is 16.2. The van der Waals surface area contributed by atoms with E-state index in [-0.39, 0.29) is 11.9 Å². The lowest BCUT2D eigenvalue weighted by atomic mass is 10.0. The monoisotopic (exact) mass is 409 g/mol. The zero-order valence-corrected chi connectivity index (χ0v) is 16.7. The molecule has 3 rings (SSSR count). The van der Waals surface area contributed by atoms with Crippen LogP contribution in [0.2, 0.25) is 0 Å². The first kappa shape index (κ1) is 21.3. The van der Waals surface area contributed by atoms with Crippen molar-refractivity contribution in [3.63, 3.8) is 0 Å². The van der Waals surface area contributed by atoms with Crippen molar-refractivity contribution in [2.45, 2.75) is 45.5 Å². The van der Waals surface area contributed by atoms with E-state index < -0.39 is 11.7 Å². The van der Waals surface area contributed by atoms with Crippen LogP contribution < -0.4 is 0 Å². The summed E-state index contributed by atoms with van der Waals surface area (Å²) in [6, 6.07) is 5.50. The Kier molecular flexibility index (Phi) is 6.56. The smallest absolute Gasteiger partial charge is 0.338 e. The molecule has 0 spiro atoms. The van der Waals surface area contributed by atoms with Gasteiger partial charge in [-0.05, 0) is 44.9 Å². The molecule has 0 N–H and O–H groups in total. The van der Waals surface area contributed by atoms with Gasteiger partial charge in [-0.3, -0.25) is 9.69 Å². The molecule has 0 saturated carbocycles. The van der Waals surface area contributed by atoms with Crippen molar-refractivity contribution in [2.75, 3.05) is 26.2 Å². The number of benzene rings is 1. The predicted molar refractivity (Wildman–Crippen MR) is 102 cm³/mol. The second-order valence-electron chi connectivity index (χ2n) is 7.29. The van der Waals surface area contributed by atoms with Crippen LogP contribution in [0.4, 0.5) is 13.2 Å². The molecule has 9 heteroatoms. The van der Waals surface area contributed by atoms with E-state index in [0.717, 1.165) is 25.5 Å². The molecule has 1 aromatic carbocycles. The fourth-order valence-electron chi connectivity index (χ4n) is 3.72. The lowest BCUT2D eigenvalue weighted by Gasteiger charge is -2.32. The van der Waals surface area contributed by atoms with Gasteiger partial charge in [-0.1, -0.05) is 23.4 Å². The molecule has 29 heavy (non-hydrogen) atoms. The number of carbonyl (C=O) groups excluding carboxylic acids is 1. The number of hydrogen-bond acceptors (Lipinski definition) is 4. The molecule has 6 nitrogen and oxygen atoms in total. The minimum atomic E-state index is -4.34. The average Bonchev–Trinajstić information content (AvgIpc) is 3.19. The molecule has 2 aromatic rings. The largest absolute Gasteiger partial charge is 0.416 e. The minimum absolute atomic E-state index is 0.0419. The fraction of sp³-hybridized carbons (Fsp3) is 0.550. The summed E-state index contributed by atoms with van der Waals surface area (Å²) >= 11 is 0. The number of rotatable bonds is 6. The number of likely N-dealkylation sites (tertiary alicyclic amines) is 1. The Morgan fingerprint density at radius 2 is 2.03 bits per heavy atom. The van der Waals surface area contributed by atoms with Crippen LogP contribution >= 0.6 is 0 Å². The molecule has 1 aliphatic heterocycles. The van der Waals surface area contributed by atoms with Crippen molar-refractivity contribution < 1.29 is 18.0 Å². The third-order valence-electron chi connectivity index (χ3n) is 5.30. The number of carbonyl (C=O) groups is 1. The lowest BCUT2D eigenvalue weighted by Crippen LogP contribution is -2.36. The highest BCUT2D eigenvalue weighted by Gasteiger charge is 2.31. The van der Waals surface area contributed by atoms with Crippen LogP contribution in [0.5, 0.6) is 0 Å². The van der Waals surface area contributed by atoms with Gasteiger partial charge in [0.15, 0.2) is 5.69 Å². The molecule has 0 bridgehead atoms. The molecule has 1 aliphatic rings. The summed E-state index contributed by atoms with van der Waals surface area (Å²) in [7, 11) is 0. The van der Waals surface area contributed by atoms with Crippen molar-refractivity contribution in [3.8, 4) is 0 Å². The van der Waals surface area contributed by atoms with Crippen LogP contribution in [-0.2, 0) is 12.7 Å². The zero-order chi connectivity index (χ0) is 21.0. The topological polar surface area (TPSA) is 54.3 Å². The Bertz CT molecular complexity index is 832. The van der Waals surface area contributed by atoms with E-state index in [1.165, 1.54) is 12.1 Å². The van der Waals surface area contributed by atoms with E-state index in [1.807, 2.05) is 13.8 Å². The molecule has 0 radical (unpaired) electrons. The first-order chi connectivity index (χ1) is 13.8. The second kappa shape index (κ2) is 8.94. The number of alkyl halides is 3. The summed E-state index contributed by atoms with van der Waals surface area (Å²) in [6.07, 6.45) is -0.863. The molecule has 1 aromatic heterocycles. The van der Waals surface area contributed by atoms with Crippen LogP contribution in [0.3, 0.4) is 0 Å². The van der Waals surface area contributed by atoms with E-state index in [4.69, 9.17) is 0 Å². The first-order valence-electron chi connectivity index (χ1n) is 9.91. The van der Waals surface area contributed by atoms with Crippen LogP contribution in [0.15, 0.2) is 30.5 Å². The number of aromatic nitrogens is 3. The van der Waals surface area contributed by atoms with Crippen molar-refractivity contribution in [3.05, 3.63) is 47.3 Å². The Labute approximate surface area is 168 Å². The lowest BCUT2D eigenvalue weighted by molar-refractivity contribution is -0.137. The van der Waals surface area contributed by atoms with Crippen LogP contribution in [0.1, 0.15) is 54.3 Å². The predicted octanol–water partition coefficient (Wildman–Crippen LogP) is 3.62. The molecule has 1 saturated heterocycles. The zero-order valence-electron chi connectivity index (χ0n) is 16.7. The van der Waals surface area contributed by atoms with E-state index in [0.29, 0.717) is 37.4 Å². The van der Waals surface area contributed by atoms with E-state index in [1.54, 1.807) is 21.8 Å². The highest BCUT2D eigenvalue weighted by Crippen LogP contribution is 2.30. The number of nitrogens with zero attached hydrogens (tertiary/aromatic N) is 5. The van der Waals surface area contributed by atoms with Gasteiger partial charge in [0, 0.05) is 26.2 Å². The summed E-state index contributed by atoms with van der Waals surface area (Å²) in [5.74, 6) is -0.141. The van der Waals surface area contributed by atoms with Gasteiger partial charge in [-0.15, -0.1) is 5.10 Å². The molecule has 2 heterocycles. The maximum Gasteiger partial charge on any atom is 0.416 e. The molecule has 1 atom stereocenters. The Hall–Kier alpha value is -2.42. The summed E-state index contributed by atoms with van der Waals surface area (Å²) in [6.45, 7) is 6.95. The molecule has 0 unspecified atom stereocenters. The Morgan fingerprint density at radius 1 is 1.28 bits per heavy atom. The third-order valence-corrected chi connectivity index (χ3v) is 5.30. The second-order valence-corrected chi connectivity index (χ2v) is 7.29. The van der Waals surface area contributed by atoms with Gasteiger partial charge >= 0.3 is 6.18 Å². The SMILES string of the molecule is CCN(CC)C(=O)c1cn([C@@H]2CCCN(Cc3cccc(C(F)(F)F)c3)C2)nn1. The molecular weight excluding hydrogens is 383 g/mol. The van der Waals surface area contributed by atoms with Gasteiger partial charge in [-0.2, -0.15) is 13.2 Å². The third kappa shape index (κ3) is 5.14. The summed E-state index contributed by atoms with van der Waals surface area (Å²) in [5.41, 5.74) is 0.333. The number of piperidine rings is 1. The fourth-order valence-corrected chi connectivity index (χ4v) is 3.72. The molecule has 158 valence electrons. The van der Waals surface area contributed by atoms with Crippen molar-refractivity contribution in [2.24, 2.45) is 0 Å². The van der Waals surface area contributed by atoms with Crippen LogP contribution in [-0.4, -0.2) is 56.9 Å². The van der Waals surface area contributed by atoms with E-state index in [2.05, 4.69) is 15.2 Å². The number of amides is 1. The van der Waals surface area contributed by atoms with E-state index >= 15 is 0 Å². The molecule has 0 aliphatic carbocycles. The van der Waals surface area contributed by atoms with Crippen LogP contribution in [0.25, 0.3) is 0 Å². The van der Waals surface area contributed by atoms with Crippen molar-refractivity contribution in [1.82, 2.24) is 24.8 Å². The van der Waals surface area contributed by atoms with Crippen molar-refractivity contribution in [1.29, 1.82) is 0 Å². The standard InChI is InChI=1S/C20H26F3N5O/c1-3-27(4-2)19(29)18-14-28(25-24-18)17-9-6-10-26(13-17)12-15-7-5-8-16(11-15)20(21,22)23/h5,7-8,11,14,17H,3-4,6,9-10,12-13H2,1-2H3/t17-/m1/s1. The molecule has 1 amide bonds. The van der Waals surface area contributed by atoms with Gasteiger partial charge in [0.2, 0.25) is 0 Å². The molecule has 1 fully saturated rings. The maximum absolute atomic E-state index is 12.9. The summed E-state index contributed by atoms with van der Waals surface area (Å²) in [5, 5.41) is 8.18. The van der Waals surface area contributed by atoms with Gasteiger partial charge in [0.05, 0.1) is 17.8 Å². The quantitative estimate of drug-likeness (QED) is 0.731. The van der Waals surface area contributed by atoms with Gasteiger partial charge < -0.3 is 4.90 Å². The van der Waals surface area contributed by atoms with Gasteiger partial charge in [0.1, 0.15) is 0 Å². The number of halogens is 3. The first-order valence-corrected chi connectivity index (χ1v) is 9.91. The molecular formula is C20H26F3N5O. The van der Waals surface area contributed by atoms with Crippen molar-refractivity contribution >= 4 is 5.91 Å². The summed E-state index contributed by atoms with van der Waals surface area (Å²) < 4.78 is 40.5. The highest BCUT2D eigenvalue weighted by molar-refractivity contribution is 5.91. The minimum Gasteiger partial charge on any atom is -0.338 e. The Morgan fingerprint density at radius 3 is 2.72 bits per heavy atom. The highest BCUT2D eigenvalue weighted by atomic mass is 19.4. The van der Waals surface area contributed by atoms with Gasteiger partial charge in [0.25, 0.3) is 5.91 Å². The number of hydrogen-bond donors (Lipinski definition) is 0. The Balaban J connectivity index is 1.66. The van der Waals surface area contributed by atoms with Crippen LogP contribution in [0, 0.1) is 0 Å².